The highest BCUT2D eigenvalue weighted by Gasteiger charge is 2.26. The minimum Gasteiger partial charge on any atom is -0.488 e. The van der Waals surface area contributed by atoms with Gasteiger partial charge in [-0.2, -0.15) is 10.5 Å². The standard InChI is InChI=1S/C34H32N2O3.C32H30N2O2/c1-23-28(13-7-14-29(23)27-11-4-3-5-12-27)22-39-33-18-34(38-21-26-10-6-9-25(17-26)19-35)32(20-36-24(2)37)30-15-8-16-31(30)33;1-22-26(12-6-13-27(22)25-10-3-2-4-11-25)21-36-31-17-32(30(19-34)28-14-7-15-29(28)31)35-20-24-9-5-8-23(16-24)18-33/h3-7,9-14,17-18H,8,15-16,20-22H2,1-2H3,(H,36,37);2-6,8-13,16-17H,7,14-15,19-21,34H2,1H3. The van der Waals surface area contributed by atoms with Crippen LogP contribution in [0.1, 0.15) is 97.7 Å². The van der Waals surface area contributed by atoms with E-state index in [1.165, 1.54) is 68.1 Å². The van der Waals surface area contributed by atoms with Crippen LogP contribution in [-0.4, -0.2) is 5.91 Å². The van der Waals surface area contributed by atoms with Gasteiger partial charge in [0.1, 0.15) is 49.4 Å². The zero-order valence-corrected chi connectivity index (χ0v) is 43.0. The van der Waals surface area contributed by atoms with Crippen LogP contribution in [-0.2, 0) is 70.0 Å². The molecule has 0 fully saturated rings. The van der Waals surface area contributed by atoms with E-state index in [0.717, 1.165) is 83.6 Å². The van der Waals surface area contributed by atoms with E-state index in [1.54, 1.807) is 12.1 Å². The molecule has 0 aromatic heterocycles. The van der Waals surface area contributed by atoms with Gasteiger partial charge in [-0.1, -0.05) is 121 Å². The van der Waals surface area contributed by atoms with Gasteiger partial charge in [-0.3, -0.25) is 4.79 Å². The van der Waals surface area contributed by atoms with E-state index in [1.807, 2.05) is 60.7 Å². The van der Waals surface area contributed by atoms with Crippen LogP contribution in [0, 0.1) is 36.5 Å². The lowest BCUT2D eigenvalue weighted by atomic mass is 9.97. The maximum absolute atomic E-state index is 11.8. The summed E-state index contributed by atoms with van der Waals surface area (Å²) in [7, 11) is 0. The third-order valence-electron chi connectivity index (χ3n) is 14.3. The smallest absolute Gasteiger partial charge is 0.217 e. The fraction of sp³-hybridized carbons (Fsp3) is 0.227. The maximum atomic E-state index is 11.8. The molecule has 10 rings (SSSR count). The molecule has 376 valence electrons. The van der Waals surface area contributed by atoms with Crippen molar-refractivity contribution >= 4 is 5.91 Å². The van der Waals surface area contributed by atoms with Gasteiger partial charge in [-0.15, -0.1) is 0 Å². The molecule has 1 amide bonds. The average molecular weight is 991 g/mol. The van der Waals surface area contributed by atoms with Crippen LogP contribution in [0.2, 0.25) is 0 Å². The van der Waals surface area contributed by atoms with E-state index in [0.29, 0.717) is 56.4 Å². The number of hydrogen-bond donors (Lipinski definition) is 2. The summed E-state index contributed by atoms with van der Waals surface area (Å²) in [6.07, 6.45) is 5.96. The summed E-state index contributed by atoms with van der Waals surface area (Å²) >= 11 is 0. The summed E-state index contributed by atoms with van der Waals surface area (Å²) in [5, 5.41) is 21.4. The third kappa shape index (κ3) is 12.3. The Morgan fingerprint density at radius 2 is 0.933 bits per heavy atom. The first-order chi connectivity index (χ1) is 36.7. The third-order valence-corrected chi connectivity index (χ3v) is 14.3. The highest BCUT2D eigenvalue weighted by Crippen LogP contribution is 2.42. The van der Waals surface area contributed by atoms with E-state index in [4.69, 9.17) is 24.7 Å². The second-order valence-corrected chi connectivity index (χ2v) is 19.1. The molecule has 0 saturated heterocycles. The summed E-state index contributed by atoms with van der Waals surface area (Å²) < 4.78 is 25.6. The largest absolute Gasteiger partial charge is 0.488 e. The first-order valence-corrected chi connectivity index (χ1v) is 25.8. The molecule has 0 heterocycles. The molecule has 0 unspecified atom stereocenters. The minimum atomic E-state index is -0.0801. The average Bonchev–Trinajstić information content (AvgIpc) is 4.16. The molecule has 3 N–H and O–H groups in total. The van der Waals surface area contributed by atoms with Crippen molar-refractivity contribution in [3.8, 4) is 57.4 Å². The Morgan fingerprint density at radius 1 is 0.507 bits per heavy atom. The van der Waals surface area contributed by atoms with Gasteiger partial charge in [0.05, 0.1) is 23.3 Å². The van der Waals surface area contributed by atoms with Gasteiger partial charge in [0.15, 0.2) is 0 Å². The van der Waals surface area contributed by atoms with Crippen molar-refractivity contribution in [2.75, 3.05) is 0 Å². The Hall–Kier alpha value is -8.63. The summed E-state index contributed by atoms with van der Waals surface area (Å²) in [4.78, 5) is 11.8. The Balaban J connectivity index is 0.000000184. The van der Waals surface area contributed by atoms with Gasteiger partial charge < -0.3 is 30.0 Å². The molecule has 0 radical (unpaired) electrons. The highest BCUT2D eigenvalue weighted by molar-refractivity contribution is 5.73. The van der Waals surface area contributed by atoms with Crippen molar-refractivity contribution in [2.24, 2.45) is 5.73 Å². The van der Waals surface area contributed by atoms with Crippen molar-refractivity contribution < 1.29 is 23.7 Å². The van der Waals surface area contributed by atoms with Crippen molar-refractivity contribution in [3.63, 3.8) is 0 Å². The number of amides is 1. The van der Waals surface area contributed by atoms with Crippen LogP contribution in [0.15, 0.2) is 158 Å². The normalized spacial score (nSPS) is 12.0. The van der Waals surface area contributed by atoms with E-state index >= 15 is 0 Å². The fourth-order valence-corrected chi connectivity index (χ4v) is 10.4. The number of ether oxygens (including phenoxy) is 4. The molecule has 0 saturated carbocycles. The molecule has 9 nitrogen and oxygen atoms in total. The second kappa shape index (κ2) is 24.4. The highest BCUT2D eigenvalue weighted by atomic mass is 16.5. The molecule has 8 aromatic carbocycles. The van der Waals surface area contributed by atoms with Crippen molar-refractivity contribution in [1.82, 2.24) is 5.32 Å². The lowest BCUT2D eigenvalue weighted by Crippen LogP contribution is -2.20. The summed E-state index contributed by atoms with van der Waals surface area (Å²) in [5.74, 6) is 3.11. The first-order valence-electron chi connectivity index (χ1n) is 25.8. The van der Waals surface area contributed by atoms with Crippen LogP contribution in [0.3, 0.4) is 0 Å². The summed E-state index contributed by atoms with van der Waals surface area (Å²) in [5.41, 5.74) is 25.8. The van der Waals surface area contributed by atoms with E-state index < -0.39 is 0 Å². The molecular formula is C66H62N4O5. The Labute approximate surface area is 441 Å². The number of nitriles is 2. The van der Waals surface area contributed by atoms with Crippen molar-refractivity contribution in [2.45, 2.75) is 98.8 Å². The zero-order valence-electron chi connectivity index (χ0n) is 43.0. The van der Waals surface area contributed by atoms with Gasteiger partial charge >= 0.3 is 0 Å². The van der Waals surface area contributed by atoms with Gasteiger partial charge in [0.2, 0.25) is 5.91 Å². The number of carbonyl (C=O) groups is 1. The van der Waals surface area contributed by atoms with Crippen LogP contribution < -0.4 is 30.0 Å². The van der Waals surface area contributed by atoms with Crippen LogP contribution in [0.5, 0.6) is 23.0 Å². The van der Waals surface area contributed by atoms with Crippen molar-refractivity contribution in [1.29, 1.82) is 10.5 Å². The number of hydrogen-bond acceptors (Lipinski definition) is 8. The Kier molecular flexibility index (Phi) is 16.7. The van der Waals surface area contributed by atoms with E-state index in [2.05, 4.69) is 116 Å². The van der Waals surface area contributed by atoms with Gasteiger partial charge in [-0.25, -0.2) is 0 Å². The molecule has 2 aliphatic rings. The lowest BCUT2D eigenvalue weighted by molar-refractivity contribution is -0.119. The SMILES string of the molecule is CC(=O)NCc1c(OCc2cccc(C#N)c2)cc(OCc2cccc(-c3ccccc3)c2C)c2c1CCC2.Cc1c(COc2cc(OCc3cccc(C#N)c3)c(CN)c3c2CCC3)cccc1-c1ccccc1. The predicted octanol–water partition coefficient (Wildman–Crippen LogP) is 13.5. The second-order valence-electron chi connectivity index (χ2n) is 19.1. The maximum Gasteiger partial charge on any atom is 0.217 e. The molecule has 2 aliphatic carbocycles. The zero-order chi connectivity index (χ0) is 52.1. The Morgan fingerprint density at radius 3 is 1.39 bits per heavy atom. The summed E-state index contributed by atoms with van der Waals surface area (Å²) in [6.45, 7) is 8.30. The minimum absolute atomic E-state index is 0.0801. The molecule has 0 aliphatic heterocycles. The molecular weight excluding hydrogens is 929 g/mol. The number of nitrogens with one attached hydrogen (secondary N) is 1. The number of nitrogens with zero attached hydrogens (tertiary/aromatic N) is 2. The summed E-state index contributed by atoms with van der Waals surface area (Å²) in [6, 6.07) is 56.9. The van der Waals surface area contributed by atoms with Gasteiger partial charge in [-0.05, 0) is 155 Å². The molecule has 75 heavy (non-hydrogen) atoms. The Bertz CT molecular complexity index is 3410. The number of benzene rings is 8. The van der Waals surface area contributed by atoms with Crippen molar-refractivity contribution in [3.05, 3.63) is 236 Å². The molecule has 0 spiro atoms. The number of fused-ring (bicyclic) bond motifs is 2. The topological polar surface area (TPSA) is 140 Å². The molecule has 0 atom stereocenters. The first kappa shape index (κ1) is 51.3. The predicted molar refractivity (Wildman–Crippen MR) is 295 cm³/mol. The lowest BCUT2D eigenvalue weighted by Gasteiger charge is -2.20. The molecule has 9 heteroatoms. The number of rotatable bonds is 17. The van der Waals surface area contributed by atoms with Crippen LogP contribution >= 0.6 is 0 Å². The molecule has 8 aromatic rings. The van der Waals surface area contributed by atoms with E-state index in [9.17, 15) is 15.3 Å². The quantitative estimate of drug-likeness (QED) is 0.0919. The number of nitrogens with two attached hydrogens (primary N) is 1. The van der Waals surface area contributed by atoms with Crippen LogP contribution in [0.25, 0.3) is 22.3 Å². The van der Waals surface area contributed by atoms with E-state index in [-0.39, 0.29) is 5.91 Å². The number of carbonyl (C=O) groups excluding carboxylic acids is 1. The van der Waals surface area contributed by atoms with Gasteiger partial charge in [0.25, 0.3) is 0 Å². The fourth-order valence-electron chi connectivity index (χ4n) is 10.4. The van der Waals surface area contributed by atoms with Crippen LogP contribution in [0.4, 0.5) is 0 Å². The molecule has 0 bridgehead atoms. The van der Waals surface area contributed by atoms with Gasteiger partial charge in [0, 0.05) is 43.3 Å². The monoisotopic (exact) mass is 990 g/mol.